The van der Waals surface area contributed by atoms with Crippen LogP contribution in [0.25, 0.3) is 0 Å². The van der Waals surface area contributed by atoms with Gasteiger partial charge < -0.3 is 0 Å². The third kappa shape index (κ3) is 3.24. The normalized spacial score (nSPS) is 17.9. The highest BCUT2D eigenvalue weighted by atomic mass is 32.2. The number of nitrogens with one attached hydrogen (secondary N) is 1. The molecule has 2 rings (SSSR count). The van der Waals surface area contributed by atoms with E-state index in [1.54, 1.807) is 0 Å². The minimum absolute atomic E-state index is 0.155. The number of hydrogen-bond donors (Lipinski definition) is 2. The summed E-state index contributed by atoms with van der Waals surface area (Å²) in [6.07, 6.45) is 4.64. The number of aromatic nitrogens is 4. The maximum Gasteiger partial charge on any atom is 0.247 e. The summed E-state index contributed by atoms with van der Waals surface area (Å²) in [5.41, 5.74) is 2.21. The lowest BCUT2D eigenvalue weighted by Gasteiger charge is -2.18. The van der Waals surface area contributed by atoms with E-state index in [1.165, 1.54) is 24.6 Å². The predicted octanol–water partition coefficient (Wildman–Crippen LogP) is 0.895. The number of hydrazine groups is 1. The molecule has 0 bridgehead atoms. The molecule has 1 fully saturated rings. The predicted molar refractivity (Wildman–Crippen MR) is 72.1 cm³/mol. The second-order valence-corrected chi connectivity index (χ2v) is 6.24. The Bertz CT molecular complexity index is 429. The second kappa shape index (κ2) is 6.33. The fraction of sp³-hybridized carbons (Fsp3) is 0.818. The third-order valence-electron chi connectivity index (χ3n) is 3.37. The first-order chi connectivity index (χ1) is 9.13. The van der Waals surface area contributed by atoms with E-state index in [-0.39, 0.29) is 17.1 Å². The number of amides is 1. The van der Waals surface area contributed by atoms with E-state index in [1.807, 2.05) is 18.5 Å². The Balaban J connectivity index is 2.13. The minimum Gasteiger partial charge on any atom is -0.293 e. The van der Waals surface area contributed by atoms with Gasteiger partial charge in [-0.1, -0.05) is 38.5 Å². The number of thioether (sulfide) groups is 1. The zero-order valence-corrected chi connectivity index (χ0v) is 12.1. The number of carbonyl (C=O) groups is 1. The lowest BCUT2D eigenvalue weighted by atomic mass is 10.1. The van der Waals surface area contributed by atoms with E-state index in [0.29, 0.717) is 11.2 Å². The quantitative estimate of drug-likeness (QED) is 0.361. The van der Waals surface area contributed by atoms with E-state index in [0.717, 1.165) is 12.8 Å². The van der Waals surface area contributed by atoms with Gasteiger partial charge in [-0.05, 0) is 29.2 Å². The first-order valence-electron chi connectivity index (χ1n) is 6.58. The Morgan fingerprint density at radius 1 is 1.47 bits per heavy atom. The van der Waals surface area contributed by atoms with Crippen molar-refractivity contribution in [1.29, 1.82) is 0 Å². The van der Waals surface area contributed by atoms with Crippen LogP contribution in [-0.4, -0.2) is 31.4 Å². The van der Waals surface area contributed by atoms with Gasteiger partial charge >= 0.3 is 0 Å². The highest BCUT2D eigenvalue weighted by molar-refractivity contribution is 8.00. The second-order valence-electron chi connectivity index (χ2n) is 5.14. The van der Waals surface area contributed by atoms with Gasteiger partial charge in [-0.25, -0.2) is 10.5 Å². The fourth-order valence-electron chi connectivity index (χ4n) is 2.33. The first-order valence-corrected chi connectivity index (χ1v) is 7.46. The zero-order chi connectivity index (χ0) is 13.8. The van der Waals surface area contributed by atoms with Crippen LogP contribution in [0.4, 0.5) is 0 Å². The number of carbonyl (C=O) groups excluding carboxylic acids is 1. The van der Waals surface area contributed by atoms with E-state index < -0.39 is 0 Å². The molecule has 1 heterocycles. The Morgan fingerprint density at radius 3 is 2.74 bits per heavy atom. The Kier molecular flexibility index (Phi) is 4.76. The van der Waals surface area contributed by atoms with Crippen LogP contribution >= 0.6 is 11.8 Å². The van der Waals surface area contributed by atoms with Gasteiger partial charge in [-0.3, -0.25) is 10.2 Å². The monoisotopic (exact) mass is 284 g/mol. The number of nitrogens with zero attached hydrogens (tertiary/aromatic N) is 4. The van der Waals surface area contributed by atoms with Gasteiger partial charge in [0.1, 0.15) is 0 Å². The zero-order valence-electron chi connectivity index (χ0n) is 11.2. The summed E-state index contributed by atoms with van der Waals surface area (Å²) in [4.78, 5) is 11.8. The van der Waals surface area contributed by atoms with Gasteiger partial charge in [0.2, 0.25) is 11.1 Å². The van der Waals surface area contributed by atoms with Crippen LogP contribution in [0.1, 0.15) is 45.6 Å². The average Bonchev–Trinajstić information content (AvgIpc) is 3.04. The highest BCUT2D eigenvalue weighted by Gasteiger charge is 2.28. The molecule has 1 amide bonds. The maximum absolute atomic E-state index is 11.8. The van der Waals surface area contributed by atoms with Crippen molar-refractivity contribution in [1.82, 2.24) is 25.6 Å². The van der Waals surface area contributed by atoms with E-state index in [2.05, 4.69) is 21.0 Å². The van der Waals surface area contributed by atoms with Crippen molar-refractivity contribution in [2.45, 2.75) is 56.0 Å². The average molecular weight is 284 g/mol. The van der Waals surface area contributed by atoms with Crippen LogP contribution in [-0.2, 0) is 4.79 Å². The lowest BCUT2D eigenvalue weighted by molar-refractivity contribution is -0.121. The molecule has 1 aromatic rings. The molecule has 0 aliphatic heterocycles. The van der Waals surface area contributed by atoms with Gasteiger partial charge in [0.05, 0.1) is 11.3 Å². The Hall–Kier alpha value is -1.15. The van der Waals surface area contributed by atoms with Crippen molar-refractivity contribution < 1.29 is 4.79 Å². The van der Waals surface area contributed by atoms with Gasteiger partial charge in [0, 0.05) is 0 Å². The molecule has 0 spiro atoms. The van der Waals surface area contributed by atoms with Crippen LogP contribution in [0.15, 0.2) is 5.16 Å². The number of nitrogens with two attached hydrogens (primary N) is 1. The van der Waals surface area contributed by atoms with E-state index in [4.69, 9.17) is 5.84 Å². The van der Waals surface area contributed by atoms with Crippen molar-refractivity contribution in [2.24, 2.45) is 11.8 Å². The minimum atomic E-state index is -0.281. The first kappa shape index (κ1) is 14.3. The summed E-state index contributed by atoms with van der Waals surface area (Å²) in [6, 6.07) is 0.367. The number of hydrogen-bond acceptors (Lipinski definition) is 6. The molecule has 0 radical (unpaired) electrons. The molecule has 106 valence electrons. The van der Waals surface area contributed by atoms with Gasteiger partial charge in [0.25, 0.3) is 0 Å². The van der Waals surface area contributed by atoms with Crippen molar-refractivity contribution >= 4 is 17.7 Å². The fourth-order valence-corrected chi connectivity index (χ4v) is 3.38. The standard InChI is InChI=1S/C11H20N6OS/c1-7(2)9(10(18)13-12)19-11-14-15-16-17(11)8-5-3-4-6-8/h7-9H,3-6,12H2,1-2H3,(H,13,18). The van der Waals surface area contributed by atoms with Crippen LogP contribution in [0, 0.1) is 5.92 Å². The highest BCUT2D eigenvalue weighted by Crippen LogP contribution is 2.33. The SMILES string of the molecule is CC(C)C(Sc1nnnn1C1CCCC1)C(=O)NN. The summed E-state index contributed by atoms with van der Waals surface area (Å²) in [6.45, 7) is 3.97. The van der Waals surface area contributed by atoms with Gasteiger partial charge in [-0.15, -0.1) is 5.10 Å². The topological polar surface area (TPSA) is 98.7 Å². The summed E-state index contributed by atoms with van der Waals surface area (Å²) < 4.78 is 1.86. The molecular weight excluding hydrogens is 264 g/mol. The summed E-state index contributed by atoms with van der Waals surface area (Å²) >= 11 is 1.38. The summed E-state index contributed by atoms with van der Waals surface area (Å²) in [5.74, 6) is 5.19. The molecular formula is C11H20N6OS. The summed E-state index contributed by atoms with van der Waals surface area (Å²) in [7, 11) is 0. The molecule has 1 aromatic heterocycles. The van der Waals surface area contributed by atoms with Gasteiger partial charge in [0.15, 0.2) is 0 Å². The van der Waals surface area contributed by atoms with E-state index >= 15 is 0 Å². The lowest BCUT2D eigenvalue weighted by Crippen LogP contribution is -2.40. The van der Waals surface area contributed by atoms with Crippen LogP contribution in [0.5, 0.6) is 0 Å². The molecule has 3 N–H and O–H groups in total. The molecule has 8 heteroatoms. The molecule has 1 saturated carbocycles. The van der Waals surface area contributed by atoms with Crippen LogP contribution in [0.3, 0.4) is 0 Å². The molecule has 19 heavy (non-hydrogen) atoms. The molecule has 0 saturated heterocycles. The van der Waals surface area contributed by atoms with Crippen molar-refractivity contribution in [2.75, 3.05) is 0 Å². The number of tetrazole rings is 1. The van der Waals surface area contributed by atoms with Gasteiger partial charge in [-0.2, -0.15) is 0 Å². The van der Waals surface area contributed by atoms with Crippen molar-refractivity contribution in [3.63, 3.8) is 0 Å². The third-order valence-corrected chi connectivity index (χ3v) is 4.86. The maximum atomic E-state index is 11.8. The molecule has 7 nitrogen and oxygen atoms in total. The molecule has 1 atom stereocenters. The molecule has 1 aliphatic carbocycles. The van der Waals surface area contributed by atoms with Crippen molar-refractivity contribution in [3.8, 4) is 0 Å². The molecule has 1 unspecified atom stereocenters. The molecule has 0 aromatic carbocycles. The smallest absolute Gasteiger partial charge is 0.247 e. The Labute approximate surface area is 116 Å². The Morgan fingerprint density at radius 2 is 2.16 bits per heavy atom. The summed E-state index contributed by atoms with van der Waals surface area (Å²) in [5, 5.41) is 12.3. The van der Waals surface area contributed by atoms with Crippen LogP contribution in [0.2, 0.25) is 0 Å². The largest absolute Gasteiger partial charge is 0.293 e. The van der Waals surface area contributed by atoms with E-state index in [9.17, 15) is 4.79 Å². The molecule has 1 aliphatic rings. The van der Waals surface area contributed by atoms with Crippen molar-refractivity contribution in [3.05, 3.63) is 0 Å². The number of rotatable bonds is 5. The van der Waals surface area contributed by atoms with Crippen LogP contribution < -0.4 is 11.3 Å².